The van der Waals surface area contributed by atoms with Crippen LogP contribution in [0.1, 0.15) is 18.1 Å². The maximum absolute atomic E-state index is 12.9. The van der Waals surface area contributed by atoms with Crippen molar-refractivity contribution in [1.29, 1.82) is 0 Å². The Morgan fingerprint density at radius 3 is 2.16 bits per heavy atom. The summed E-state index contributed by atoms with van der Waals surface area (Å²) >= 11 is 0. The van der Waals surface area contributed by atoms with E-state index in [1.807, 2.05) is 0 Å². The molecule has 3 N–H and O–H groups in total. The molecule has 0 radical (unpaired) electrons. The standard InChI is InChI=1S/C18H18F4N2O/c1-11(10-12-2-6-14(19)7-3-12)16(23)17(25)24-15-8-4-13(5-9-15)18(20,21)22/h2-9,11,16H,10,23H2,1H3,(H,24,25)/t11?,16-/m0/s1. The van der Waals surface area contributed by atoms with Gasteiger partial charge in [0.05, 0.1) is 11.6 Å². The molecule has 0 aromatic heterocycles. The van der Waals surface area contributed by atoms with Crippen LogP contribution in [0.25, 0.3) is 0 Å². The Morgan fingerprint density at radius 1 is 1.08 bits per heavy atom. The van der Waals surface area contributed by atoms with E-state index in [4.69, 9.17) is 5.73 Å². The fourth-order valence-corrected chi connectivity index (χ4v) is 2.35. The third kappa shape index (κ3) is 5.29. The van der Waals surface area contributed by atoms with Gasteiger partial charge in [0.25, 0.3) is 0 Å². The van der Waals surface area contributed by atoms with E-state index < -0.39 is 23.7 Å². The highest BCUT2D eigenvalue weighted by Gasteiger charge is 2.30. The number of rotatable bonds is 5. The van der Waals surface area contributed by atoms with Crippen LogP contribution in [-0.2, 0) is 17.4 Å². The molecule has 0 aliphatic carbocycles. The van der Waals surface area contributed by atoms with Crippen molar-refractivity contribution >= 4 is 11.6 Å². The molecular formula is C18H18F4N2O. The van der Waals surface area contributed by atoms with Gasteiger partial charge < -0.3 is 11.1 Å². The summed E-state index contributed by atoms with van der Waals surface area (Å²) < 4.78 is 50.4. The molecule has 0 spiro atoms. The third-order valence-corrected chi connectivity index (χ3v) is 3.87. The highest BCUT2D eigenvalue weighted by Crippen LogP contribution is 2.29. The van der Waals surface area contributed by atoms with Gasteiger partial charge in [-0.3, -0.25) is 4.79 Å². The maximum atomic E-state index is 12.9. The zero-order valence-corrected chi connectivity index (χ0v) is 13.5. The van der Waals surface area contributed by atoms with E-state index in [2.05, 4.69) is 5.32 Å². The number of halogens is 4. The summed E-state index contributed by atoms with van der Waals surface area (Å²) in [6.45, 7) is 1.78. The van der Waals surface area contributed by atoms with E-state index in [1.54, 1.807) is 19.1 Å². The number of amides is 1. The van der Waals surface area contributed by atoms with E-state index in [1.165, 1.54) is 24.3 Å². The van der Waals surface area contributed by atoms with Gasteiger partial charge in [-0.1, -0.05) is 19.1 Å². The Kier molecular flexibility index (Phi) is 5.79. The van der Waals surface area contributed by atoms with Crippen LogP contribution in [0.4, 0.5) is 23.2 Å². The summed E-state index contributed by atoms with van der Waals surface area (Å²) in [6.07, 6.45) is -3.95. The molecule has 2 rings (SSSR count). The lowest BCUT2D eigenvalue weighted by Gasteiger charge is -2.19. The summed E-state index contributed by atoms with van der Waals surface area (Å²) in [4.78, 5) is 12.2. The Hall–Kier alpha value is -2.41. The number of carbonyl (C=O) groups is 1. The SMILES string of the molecule is CC(Cc1ccc(F)cc1)[C@H](N)C(=O)Nc1ccc(C(F)(F)F)cc1. The molecule has 0 saturated carbocycles. The molecular weight excluding hydrogens is 336 g/mol. The maximum Gasteiger partial charge on any atom is 0.416 e. The molecule has 134 valence electrons. The number of nitrogens with one attached hydrogen (secondary N) is 1. The summed E-state index contributed by atoms with van der Waals surface area (Å²) in [5.74, 6) is -1.07. The molecule has 2 aromatic rings. The highest BCUT2D eigenvalue weighted by molar-refractivity contribution is 5.94. The molecule has 3 nitrogen and oxygen atoms in total. The second kappa shape index (κ2) is 7.65. The van der Waals surface area contributed by atoms with Crippen LogP contribution in [0.15, 0.2) is 48.5 Å². The first-order valence-electron chi connectivity index (χ1n) is 7.65. The lowest BCUT2D eigenvalue weighted by molar-refractivity contribution is -0.137. The third-order valence-electron chi connectivity index (χ3n) is 3.87. The largest absolute Gasteiger partial charge is 0.416 e. The van der Waals surface area contributed by atoms with Gasteiger partial charge in [-0.2, -0.15) is 13.2 Å². The zero-order valence-electron chi connectivity index (χ0n) is 13.5. The number of benzene rings is 2. The van der Waals surface area contributed by atoms with Crippen molar-refractivity contribution < 1.29 is 22.4 Å². The van der Waals surface area contributed by atoms with Crippen LogP contribution < -0.4 is 11.1 Å². The second-order valence-corrected chi connectivity index (χ2v) is 5.90. The highest BCUT2D eigenvalue weighted by atomic mass is 19.4. The number of hydrogen-bond donors (Lipinski definition) is 2. The van der Waals surface area contributed by atoms with Crippen molar-refractivity contribution in [2.24, 2.45) is 11.7 Å². The lowest BCUT2D eigenvalue weighted by Crippen LogP contribution is -2.41. The monoisotopic (exact) mass is 354 g/mol. The van der Waals surface area contributed by atoms with Crippen molar-refractivity contribution in [2.75, 3.05) is 5.32 Å². The van der Waals surface area contributed by atoms with Gasteiger partial charge in [0.2, 0.25) is 5.91 Å². The van der Waals surface area contributed by atoms with Crippen molar-refractivity contribution in [1.82, 2.24) is 0 Å². The van der Waals surface area contributed by atoms with E-state index in [-0.39, 0.29) is 17.4 Å². The molecule has 1 amide bonds. The van der Waals surface area contributed by atoms with Gasteiger partial charge in [-0.25, -0.2) is 4.39 Å². The second-order valence-electron chi connectivity index (χ2n) is 5.90. The summed E-state index contributed by atoms with van der Waals surface area (Å²) in [5.41, 5.74) is 6.21. The Bertz CT molecular complexity index is 711. The lowest BCUT2D eigenvalue weighted by atomic mass is 9.94. The predicted molar refractivity (Wildman–Crippen MR) is 87.3 cm³/mol. The van der Waals surface area contributed by atoms with Crippen LogP contribution >= 0.6 is 0 Å². The molecule has 7 heteroatoms. The Labute approximate surface area is 142 Å². The number of carbonyl (C=O) groups excluding carboxylic acids is 1. The van der Waals surface area contributed by atoms with Crippen LogP contribution in [0.3, 0.4) is 0 Å². The molecule has 0 aliphatic rings. The first-order valence-corrected chi connectivity index (χ1v) is 7.65. The molecule has 0 aliphatic heterocycles. The van der Waals surface area contributed by atoms with Crippen LogP contribution in [0, 0.1) is 11.7 Å². The van der Waals surface area contributed by atoms with Crippen molar-refractivity contribution in [3.8, 4) is 0 Å². The van der Waals surface area contributed by atoms with E-state index >= 15 is 0 Å². The Morgan fingerprint density at radius 2 is 1.64 bits per heavy atom. The van der Waals surface area contributed by atoms with Gasteiger partial charge >= 0.3 is 6.18 Å². The topological polar surface area (TPSA) is 55.1 Å². The van der Waals surface area contributed by atoms with Crippen LogP contribution in [-0.4, -0.2) is 11.9 Å². The summed E-state index contributed by atoms with van der Waals surface area (Å²) in [6, 6.07) is 9.18. The Balaban J connectivity index is 1.96. The van der Waals surface area contributed by atoms with Crippen molar-refractivity contribution in [3.63, 3.8) is 0 Å². The molecule has 0 heterocycles. The van der Waals surface area contributed by atoms with Gasteiger partial charge in [0.1, 0.15) is 5.82 Å². The van der Waals surface area contributed by atoms with Gasteiger partial charge in [-0.15, -0.1) is 0 Å². The van der Waals surface area contributed by atoms with Crippen LogP contribution in [0.2, 0.25) is 0 Å². The molecule has 1 unspecified atom stereocenters. The van der Waals surface area contributed by atoms with Crippen molar-refractivity contribution in [2.45, 2.75) is 25.6 Å². The molecule has 0 fully saturated rings. The zero-order chi connectivity index (χ0) is 18.6. The quantitative estimate of drug-likeness (QED) is 0.798. The molecule has 2 atom stereocenters. The molecule has 0 saturated heterocycles. The average Bonchev–Trinajstić information content (AvgIpc) is 2.55. The normalized spacial score (nSPS) is 14.0. The fraction of sp³-hybridized carbons (Fsp3) is 0.278. The van der Waals surface area contributed by atoms with Gasteiger partial charge in [0, 0.05) is 5.69 Å². The number of hydrogen-bond acceptors (Lipinski definition) is 2. The molecule has 2 aromatic carbocycles. The first kappa shape index (κ1) is 18.9. The number of nitrogens with two attached hydrogens (primary N) is 1. The summed E-state index contributed by atoms with van der Waals surface area (Å²) in [7, 11) is 0. The van der Waals surface area contributed by atoms with E-state index in [0.29, 0.717) is 6.42 Å². The average molecular weight is 354 g/mol. The first-order chi connectivity index (χ1) is 11.7. The smallest absolute Gasteiger partial charge is 0.325 e. The minimum absolute atomic E-state index is 0.236. The van der Waals surface area contributed by atoms with Gasteiger partial charge in [0.15, 0.2) is 0 Å². The minimum atomic E-state index is -4.43. The molecule has 25 heavy (non-hydrogen) atoms. The van der Waals surface area contributed by atoms with E-state index in [0.717, 1.165) is 17.7 Å². The fourth-order valence-electron chi connectivity index (χ4n) is 2.35. The van der Waals surface area contributed by atoms with Gasteiger partial charge in [-0.05, 0) is 54.3 Å². The molecule has 0 bridgehead atoms. The minimum Gasteiger partial charge on any atom is -0.325 e. The predicted octanol–water partition coefficient (Wildman–Crippen LogP) is 3.99. The van der Waals surface area contributed by atoms with Crippen molar-refractivity contribution in [3.05, 3.63) is 65.5 Å². The van der Waals surface area contributed by atoms with E-state index in [9.17, 15) is 22.4 Å². The summed E-state index contributed by atoms with van der Waals surface area (Å²) in [5, 5.41) is 2.50. The van der Waals surface area contributed by atoms with Crippen LogP contribution in [0.5, 0.6) is 0 Å². The number of alkyl halides is 3. The number of anilines is 1.